The Morgan fingerprint density at radius 2 is 1.71 bits per heavy atom. The molecule has 0 amide bonds. The van der Waals surface area contributed by atoms with Gasteiger partial charge in [0, 0.05) is 30.4 Å². The summed E-state index contributed by atoms with van der Waals surface area (Å²) >= 11 is 0. The summed E-state index contributed by atoms with van der Waals surface area (Å²) in [6.07, 6.45) is -2.97. The lowest BCUT2D eigenvalue weighted by atomic mass is 9.95. The van der Waals surface area contributed by atoms with Crippen LogP contribution < -0.4 is 4.90 Å². The molecule has 0 unspecified atom stereocenters. The van der Waals surface area contributed by atoms with Crippen molar-refractivity contribution in [1.29, 1.82) is 0 Å². The second-order valence-electron chi connectivity index (χ2n) is 7.27. The summed E-state index contributed by atoms with van der Waals surface area (Å²) in [5.41, 5.74) is 2.63. The quantitative estimate of drug-likeness (QED) is 0.388. The van der Waals surface area contributed by atoms with Crippen molar-refractivity contribution in [1.82, 2.24) is 10.3 Å². The number of hydrogen-bond donors (Lipinski definition) is 0. The van der Waals surface area contributed by atoms with Gasteiger partial charge in [0.05, 0.1) is 5.56 Å². The van der Waals surface area contributed by atoms with E-state index in [2.05, 4.69) is 16.9 Å². The lowest BCUT2D eigenvalue weighted by molar-refractivity contribution is -0.136. The van der Waals surface area contributed by atoms with Crippen molar-refractivity contribution < 1.29 is 22.2 Å². The van der Waals surface area contributed by atoms with Gasteiger partial charge in [0.15, 0.2) is 0 Å². The molecule has 2 aromatic carbocycles. The van der Waals surface area contributed by atoms with E-state index in [-0.39, 0.29) is 11.5 Å². The molecule has 0 saturated heterocycles. The zero-order valence-electron chi connectivity index (χ0n) is 16.4. The van der Waals surface area contributed by atoms with E-state index in [0.29, 0.717) is 23.4 Å². The zero-order chi connectivity index (χ0) is 21.8. The van der Waals surface area contributed by atoms with Crippen molar-refractivity contribution in [3.63, 3.8) is 0 Å². The van der Waals surface area contributed by atoms with Crippen LogP contribution in [0.15, 0.2) is 64.2 Å². The van der Waals surface area contributed by atoms with Crippen molar-refractivity contribution in [3.8, 4) is 34.0 Å². The van der Waals surface area contributed by atoms with Gasteiger partial charge >= 0.3 is 6.18 Å². The van der Waals surface area contributed by atoms with Crippen LogP contribution in [0.1, 0.15) is 16.7 Å². The molecular formula is C23H16F3N3O2. The highest BCUT2D eigenvalue weighted by Crippen LogP contribution is 2.47. The average molecular weight is 423 g/mol. The first-order chi connectivity index (χ1) is 14.9. The van der Waals surface area contributed by atoms with Gasteiger partial charge < -0.3 is 13.9 Å². The molecule has 156 valence electrons. The van der Waals surface area contributed by atoms with E-state index in [1.165, 1.54) is 0 Å². The predicted molar refractivity (Wildman–Crippen MR) is 110 cm³/mol. The Kier molecular flexibility index (Phi) is 4.25. The summed E-state index contributed by atoms with van der Waals surface area (Å²) in [5, 5.41) is 7.82. The maximum atomic E-state index is 14.1. The molecule has 0 spiro atoms. The van der Waals surface area contributed by atoms with Crippen LogP contribution in [0.25, 0.3) is 40.1 Å². The maximum absolute atomic E-state index is 14.1. The number of anilines is 1. The van der Waals surface area contributed by atoms with Crippen molar-refractivity contribution in [2.75, 3.05) is 11.9 Å². The minimum atomic E-state index is -4.70. The molecule has 1 aliphatic heterocycles. The molecule has 0 saturated carbocycles. The normalized spacial score (nSPS) is 13.1. The van der Waals surface area contributed by atoms with E-state index in [1.807, 2.05) is 30.1 Å². The Balaban J connectivity index is 1.70. The molecule has 0 radical (unpaired) electrons. The topological polar surface area (TPSA) is 55.3 Å². The Hall–Kier alpha value is -3.81. The van der Waals surface area contributed by atoms with E-state index < -0.39 is 17.5 Å². The second-order valence-corrected chi connectivity index (χ2v) is 7.27. The number of rotatable bonds is 3. The fraction of sp³-hybridized carbons (Fsp3) is 0.130. The number of alkyl halides is 3. The highest BCUT2D eigenvalue weighted by Gasteiger charge is 2.43. The zero-order valence-corrected chi connectivity index (χ0v) is 16.4. The van der Waals surface area contributed by atoms with Gasteiger partial charge in [-0.2, -0.15) is 13.2 Å². The number of fused-ring (bicyclic) bond motifs is 3. The van der Waals surface area contributed by atoms with Gasteiger partial charge in [-0.25, -0.2) is 0 Å². The molecular weight excluding hydrogens is 407 g/mol. The van der Waals surface area contributed by atoms with Crippen LogP contribution in [0.4, 0.5) is 18.9 Å². The first-order valence-corrected chi connectivity index (χ1v) is 9.47. The summed E-state index contributed by atoms with van der Waals surface area (Å²) in [5.74, 6) is -0.540. The molecule has 2 aromatic heterocycles. The highest BCUT2D eigenvalue weighted by atomic mass is 19.4. The average Bonchev–Trinajstić information content (AvgIpc) is 3.38. The van der Waals surface area contributed by atoms with Gasteiger partial charge in [0.2, 0.25) is 11.5 Å². The molecule has 0 fully saturated rings. The van der Waals surface area contributed by atoms with Crippen LogP contribution in [-0.2, 0) is 12.7 Å². The summed E-state index contributed by atoms with van der Waals surface area (Å²) in [7, 11) is 1.85. The first kappa shape index (κ1) is 19.2. The molecule has 31 heavy (non-hydrogen) atoms. The van der Waals surface area contributed by atoms with Crippen LogP contribution in [0.5, 0.6) is 0 Å². The van der Waals surface area contributed by atoms with E-state index in [0.717, 1.165) is 16.8 Å². The fourth-order valence-corrected chi connectivity index (χ4v) is 3.86. The Morgan fingerprint density at radius 3 is 2.42 bits per heavy atom. The smallest absolute Gasteiger partial charge is 0.369 e. The monoisotopic (exact) mass is 423 g/mol. The second kappa shape index (κ2) is 6.87. The third kappa shape index (κ3) is 3.02. The Morgan fingerprint density at radius 1 is 1.00 bits per heavy atom. The number of halogens is 3. The molecule has 0 aliphatic carbocycles. The SMILES string of the molecule is C=Cc1ccc2c(c1)N(C)Cc1c-2noc1-c1onc(-c2ccccc2)c1C(F)(F)F. The predicted octanol–water partition coefficient (Wildman–Crippen LogP) is 6.28. The molecule has 5 rings (SSSR count). The third-order valence-electron chi connectivity index (χ3n) is 5.34. The van der Waals surface area contributed by atoms with Crippen LogP contribution in [0, 0.1) is 0 Å². The van der Waals surface area contributed by atoms with E-state index in [9.17, 15) is 13.2 Å². The van der Waals surface area contributed by atoms with Gasteiger partial charge in [-0.05, 0) is 17.7 Å². The van der Waals surface area contributed by atoms with Crippen molar-refractivity contribution in [2.45, 2.75) is 12.7 Å². The molecule has 5 nitrogen and oxygen atoms in total. The number of aromatic nitrogens is 2. The lowest BCUT2D eigenvalue weighted by Crippen LogP contribution is -2.21. The first-order valence-electron chi connectivity index (χ1n) is 9.47. The van der Waals surface area contributed by atoms with Gasteiger partial charge in [0.25, 0.3) is 0 Å². The molecule has 3 heterocycles. The minimum absolute atomic E-state index is 0.0673. The third-order valence-corrected chi connectivity index (χ3v) is 5.34. The fourth-order valence-electron chi connectivity index (χ4n) is 3.86. The van der Waals surface area contributed by atoms with Crippen LogP contribution >= 0.6 is 0 Å². The van der Waals surface area contributed by atoms with Gasteiger partial charge in [-0.3, -0.25) is 0 Å². The standard InChI is InChI=1S/C23H16F3N3O2/c1-3-13-9-10-15-17(11-13)29(2)12-16-20(15)28-30-21(16)22-18(23(24,25)26)19(27-31-22)14-7-5-4-6-8-14/h3-11H,1,12H2,2H3. The largest absolute Gasteiger partial charge is 0.422 e. The summed E-state index contributed by atoms with van der Waals surface area (Å²) in [6.45, 7) is 4.08. The summed E-state index contributed by atoms with van der Waals surface area (Å²) < 4.78 is 52.8. The molecule has 1 aliphatic rings. The molecule has 0 bridgehead atoms. The molecule has 0 atom stereocenters. The van der Waals surface area contributed by atoms with E-state index in [1.54, 1.807) is 36.4 Å². The summed E-state index contributed by atoms with van der Waals surface area (Å²) in [6, 6.07) is 13.8. The summed E-state index contributed by atoms with van der Waals surface area (Å²) in [4.78, 5) is 1.92. The van der Waals surface area contributed by atoms with Crippen molar-refractivity contribution in [2.24, 2.45) is 0 Å². The lowest BCUT2D eigenvalue weighted by Gasteiger charge is -2.27. The minimum Gasteiger partial charge on any atom is -0.369 e. The number of hydrogen-bond acceptors (Lipinski definition) is 5. The van der Waals surface area contributed by atoms with E-state index in [4.69, 9.17) is 9.05 Å². The van der Waals surface area contributed by atoms with Gasteiger partial charge in [-0.15, -0.1) is 0 Å². The van der Waals surface area contributed by atoms with E-state index >= 15 is 0 Å². The Labute approximate surface area is 175 Å². The van der Waals surface area contributed by atoms with Crippen molar-refractivity contribution >= 4 is 11.8 Å². The number of benzene rings is 2. The maximum Gasteiger partial charge on any atom is 0.422 e. The van der Waals surface area contributed by atoms with Gasteiger partial charge in [-0.1, -0.05) is 59.4 Å². The van der Waals surface area contributed by atoms with Gasteiger partial charge in [0.1, 0.15) is 17.0 Å². The number of nitrogens with zero attached hydrogens (tertiary/aromatic N) is 3. The van der Waals surface area contributed by atoms with Crippen LogP contribution in [0.2, 0.25) is 0 Å². The van der Waals surface area contributed by atoms with Crippen LogP contribution in [0.3, 0.4) is 0 Å². The highest BCUT2D eigenvalue weighted by molar-refractivity contribution is 5.86. The molecule has 4 aromatic rings. The molecule has 8 heteroatoms. The van der Waals surface area contributed by atoms with Crippen molar-refractivity contribution in [3.05, 3.63) is 71.8 Å². The Bertz CT molecular complexity index is 1290. The molecule has 0 N–H and O–H groups in total. The van der Waals surface area contributed by atoms with Crippen LogP contribution in [-0.4, -0.2) is 17.4 Å².